The fourth-order valence-corrected chi connectivity index (χ4v) is 2.93. The van der Waals surface area contributed by atoms with Gasteiger partial charge in [-0.3, -0.25) is 0 Å². The molecule has 1 aliphatic heterocycles. The Kier molecular flexibility index (Phi) is 6.30. The molecule has 1 aliphatic rings. The second-order valence-corrected chi connectivity index (χ2v) is 6.12. The molecular weight excluding hydrogens is 270 g/mol. The summed E-state index contributed by atoms with van der Waals surface area (Å²) in [5, 5.41) is 4.23. The summed E-state index contributed by atoms with van der Waals surface area (Å²) >= 11 is 5.96. The lowest BCUT2D eigenvalue weighted by Crippen LogP contribution is -2.32. The van der Waals surface area contributed by atoms with Crippen LogP contribution >= 0.6 is 11.6 Å². The summed E-state index contributed by atoms with van der Waals surface area (Å²) in [6.07, 6.45) is 2.42. The molecule has 0 bridgehead atoms. The number of nitrogens with one attached hydrogen (secondary N) is 1. The summed E-state index contributed by atoms with van der Waals surface area (Å²) in [7, 11) is 4.25. The minimum Gasteiger partial charge on any atom is -0.313 e. The summed E-state index contributed by atoms with van der Waals surface area (Å²) in [6.45, 7) is 5.98. The first kappa shape index (κ1) is 15.8. The van der Waals surface area contributed by atoms with Gasteiger partial charge in [-0.1, -0.05) is 23.7 Å². The van der Waals surface area contributed by atoms with Gasteiger partial charge in [0, 0.05) is 24.2 Å². The van der Waals surface area contributed by atoms with Crippen LogP contribution in [-0.2, 0) is 0 Å². The van der Waals surface area contributed by atoms with Crippen molar-refractivity contribution in [3.63, 3.8) is 0 Å². The maximum Gasteiger partial charge on any atom is 0.0406 e. The molecule has 0 aromatic heterocycles. The van der Waals surface area contributed by atoms with Crippen LogP contribution in [0, 0.1) is 0 Å². The lowest BCUT2D eigenvalue weighted by atomic mass is 10.0. The zero-order valence-corrected chi connectivity index (χ0v) is 13.4. The number of benzene rings is 1. The topological polar surface area (TPSA) is 18.5 Å². The van der Waals surface area contributed by atoms with Crippen molar-refractivity contribution in [2.24, 2.45) is 0 Å². The Morgan fingerprint density at radius 1 is 1.15 bits per heavy atom. The average Bonchev–Trinajstić information content (AvgIpc) is 2.66. The Morgan fingerprint density at radius 3 is 2.60 bits per heavy atom. The number of hydrogen-bond donors (Lipinski definition) is 1. The fourth-order valence-electron chi connectivity index (χ4n) is 2.81. The summed E-state index contributed by atoms with van der Waals surface area (Å²) < 4.78 is 0. The highest BCUT2D eigenvalue weighted by Crippen LogP contribution is 2.19. The van der Waals surface area contributed by atoms with Crippen molar-refractivity contribution in [3.05, 3.63) is 34.9 Å². The third-order valence-corrected chi connectivity index (χ3v) is 4.42. The van der Waals surface area contributed by atoms with Crippen LogP contribution in [0.4, 0.5) is 0 Å². The van der Waals surface area contributed by atoms with Crippen LogP contribution < -0.4 is 5.32 Å². The molecule has 1 heterocycles. The maximum atomic E-state index is 5.96. The van der Waals surface area contributed by atoms with E-state index < -0.39 is 0 Å². The van der Waals surface area contributed by atoms with Crippen LogP contribution in [-0.4, -0.2) is 56.6 Å². The molecule has 1 saturated heterocycles. The maximum absolute atomic E-state index is 5.96. The molecule has 1 unspecified atom stereocenters. The van der Waals surface area contributed by atoms with Crippen LogP contribution in [0.2, 0.25) is 5.02 Å². The Hall–Kier alpha value is -0.610. The lowest BCUT2D eigenvalue weighted by Gasteiger charge is -2.24. The molecule has 0 aliphatic carbocycles. The van der Waals surface area contributed by atoms with Crippen molar-refractivity contribution in [1.29, 1.82) is 0 Å². The van der Waals surface area contributed by atoms with Crippen LogP contribution in [0.3, 0.4) is 0 Å². The van der Waals surface area contributed by atoms with E-state index in [4.69, 9.17) is 11.6 Å². The van der Waals surface area contributed by atoms with E-state index in [-0.39, 0.29) is 0 Å². The second-order valence-electron chi connectivity index (χ2n) is 5.68. The molecule has 112 valence electrons. The molecule has 3 nitrogen and oxygen atoms in total. The van der Waals surface area contributed by atoms with Crippen LogP contribution in [0.25, 0.3) is 0 Å². The van der Waals surface area contributed by atoms with Gasteiger partial charge in [0.2, 0.25) is 0 Å². The molecule has 1 fully saturated rings. The van der Waals surface area contributed by atoms with Crippen LogP contribution in [0.1, 0.15) is 24.4 Å². The molecule has 0 saturated carbocycles. The van der Waals surface area contributed by atoms with Gasteiger partial charge in [0.25, 0.3) is 0 Å². The van der Waals surface area contributed by atoms with Gasteiger partial charge in [-0.25, -0.2) is 0 Å². The largest absolute Gasteiger partial charge is 0.313 e. The molecule has 1 aromatic rings. The predicted molar refractivity (Wildman–Crippen MR) is 86.4 cm³/mol. The van der Waals surface area contributed by atoms with Gasteiger partial charge in [0.1, 0.15) is 0 Å². The monoisotopic (exact) mass is 295 g/mol. The molecule has 4 heteroatoms. The van der Waals surface area contributed by atoms with E-state index in [1.165, 1.54) is 38.2 Å². The molecular formula is C16H26ClN3. The van der Waals surface area contributed by atoms with E-state index in [0.717, 1.165) is 18.0 Å². The first-order valence-corrected chi connectivity index (χ1v) is 7.90. The first-order chi connectivity index (χ1) is 9.69. The minimum absolute atomic E-state index is 0.410. The summed E-state index contributed by atoms with van der Waals surface area (Å²) in [4.78, 5) is 5.01. The van der Waals surface area contributed by atoms with E-state index in [1.54, 1.807) is 0 Å². The number of nitrogens with zero attached hydrogens (tertiary/aromatic N) is 2. The standard InChI is InChI=1S/C16H26ClN3/c1-18-16(14-4-6-15(17)7-5-14)8-11-20-10-3-9-19(2)12-13-20/h4-7,16,18H,3,8-13H2,1-2H3. The van der Waals surface area contributed by atoms with Gasteiger partial charge in [-0.15, -0.1) is 0 Å². The van der Waals surface area contributed by atoms with Crippen LogP contribution in [0.15, 0.2) is 24.3 Å². The minimum atomic E-state index is 0.410. The van der Waals surface area contributed by atoms with Crippen molar-refractivity contribution >= 4 is 11.6 Å². The van der Waals surface area contributed by atoms with Crippen LogP contribution in [0.5, 0.6) is 0 Å². The highest BCUT2D eigenvalue weighted by molar-refractivity contribution is 6.30. The van der Waals surface area contributed by atoms with Gasteiger partial charge in [0.05, 0.1) is 0 Å². The average molecular weight is 296 g/mol. The Morgan fingerprint density at radius 2 is 1.90 bits per heavy atom. The smallest absolute Gasteiger partial charge is 0.0406 e. The van der Waals surface area contributed by atoms with Gasteiger partial charge in [-0.2, -0.15) is 0 Å². The van der Waals surface area contributed by atoms with Gasteiger partial charge in [-0.05, 0) is 64.3 Å². The van der Waals surface area contributed by atoms with Gasteiger partial charge in [0.15, 0.2) is 0 Å². The molecule has 1 atom stereocenters. The van der Waals surface area contributed by atoms with E-state index in [9.17, 15) is 0 Å². The van der Waals surface area contributed by atoms with Crippen molar-refractivity contribution < 1.29 is 0 Å². The molecule has 0 amide bonds. The highest BCUT2D eigenvalue weighted by atomic mass is 35.5. The summed E-state index contributed by atoms with van der Waals surface area (Å²) in [6, 6.07) is 8.61. The molecule has 1 aromatic carbocycles. The van der Waals surface area contributed by atoms with Gasteiger partial charge < -0.3 is 15.1 Å². The van der Waals surface area contributed by atoms with Crippen molar-refractivity contribution in [2.45, 2.75) is 18.9 Å². The normalized spacial score (nSPS) is 19.8. The zero-order chi connectivity index (χ0) is 14.4. The Balaban J connectivity index is 1.85. The highest BCUT2D eigenvalue weighted by Gasteiger charge is 2.15. The van der Waals surface area contributed by atoms with Crippen molar-refractivity contribution in [1.82, 2.24) is 15.1 Å². The first-order valence-electron chi connectivity index (χ1n) is 7.52. The summed E-state index contributed by atoms with van der Waals surface area (Å²) in [5.74, 6) is 0. The predicted octanol–water partition coefficient (Wildman–Crippen LogP) is 2.63. The second kappa shape index (κ2) is 7.99. The SMILES string of the molecule is CNC(CCN1CCCN(C)CC1)c1ccc(Cl)cc1. The third-order valence-electron chi connectivity index (χ3n) is 4.17. The number of hydrogen-bond acceptors (Lipinski definition) is 3. The van der Waals surface area contributed by atoms with Crippen molar-refractivity contribution in [2.75, 3.05) is 46.8 Å². The number of likely N-dealkylation sites (N-methyl/N-ethyl adjacent to an activating group) is 1. The Bertz CT molecular complexity index is 393. The van der Waals surface area contributed by atoms with E-state index in [1.807, 2.05) is 19.2 Å². The van der Waals surface area contributed by atoms with E-state index >= 15 is 0 Å². The molecule has 0 spiro atoms. The molecule has 1 N–H and O–H groups in total. The fraction of sp³-hybridized carbons (Fsp3) is 0.625. The lowest BCUT2D eigenvalue weighted by molar-refractivity contribution is 0.262. The molecule has 0 radical (unpaired) electrons. The molecule has 20 heavy (non-hydrogen) atoms. The third kappa shape index (κ3) is 4.74. The Labute approximate surface area is 127 Å². The van der Waals surface area contributed by atoms with Crippen molar-refractivity contribution in [3.8, 4) is 0 Å². The van der Waals surface area contributed by atoms with Gasteiger partial charge >= 0.3 is 0 Å². The summed E-state index contributed by atoms with van der Waals surface area (Å²) in [5.41, 5.74) is 1.32. The van der Waals surface area contributed by atoms with E-state index in [2.05, 4.69) is 34.3 Å². The number of halogens is 1. The van der Waals surface area contributed by atoms with E-state index in [0.29, 0.717) is 6.04 Å². The quantitative estimate of drug-likeness (QED) is 0.901. The number of rotatable bonds is 5. The molecule has 2 rings (SSSR count). The zero-order valence-electron chi connectivity index (χ0n) is 12.6.